The minimum absolute atomic E-state index is 0.106. The van der Waals surface area contributed by atoms with Gasteiger partial charge in [-0.1, -0.05) is 0 Å². The maximum atomic E-state index is 9.61. The number of hydrogen-bond acceptors (Lipinski definition) is 4. The van der Waals surface area contributed by atoms with Crippen molar-refractivity contribution in [1.29, 1.82) is 0 Å². The molecular weight excluding hydrogens is 186 g/mol. The van der Waals surface area contributed by atoms with Gasteiger partial charge in [0, 0.05) is 0 Å². The Kier molecular flexibility index (Phi) is 2.93. The van der Waals surface area contributed by atoms with Crippen LogP contribution in [0.1, 0.15) is 5.56 Å². The highest BCUT2D eigenvalue weighted by atomic mass is 32.2. The summed E-state index contributed by atoms with van der Waals surface area (Å²) >= 11 is 1.46. The molecule has 72 valence electrons. The van der Waals surface area contributed by atoms with Crippen molar-refractivity contribution in [3.05, 3.63) is 11.6 Å². The molecule has 0 unspecified atom stereocenters. The van der Waals surface area contributed by atoms with Crippen LogP contribution >= 0.6 is 11.8 Å². The number of thioether (sulfide) groups is 1. The fourth-order valence-electron chi connectivity index (χ4n) is 1.21. The number of benzene rings is 1. The number of rotatable bonds is 2. The van der Waals surface area contributed by atoms with Crippen LogP contribution in [0.4, 0.5) is 5.69 Å². The molecular formula is C9H13NO2S. The second kappa shape index (κ2) is 3.79. The standard InChI is InChI=1S/C9H13NO2S/c1-5-4-6(13-3)8(11)7(10)9(5)12-2/h4,11H,10H2,1-3H3. The van der Waals surface area contributed by atoms with Gasteiger partial charge >= 0.3 is 0 Å². The third-order valence-corrected chi connectivity index (χ3v) is 2.61. The quantitative estimate of drug-likeness (QED) is 0.434. The first-order valence-corrected chi connectivity index (χ1v) is 5.04. The lowest BCUT2D eigenvalue weighted by Crippen LogP contribution is -1.96. The van der Waals surface area contributed by atoms with Crippen LogP contribution in [0.5, 0.6) is 11.5 Å². The van der Waals surface area contributed by atoms with Crippen LogP contribution in [-0.2, 0) is 0 Å². The number of anilines is 1. The van der Waals surface area contributed by atoms with Crippen LogP contribution in [0.15, 0.2) is 11.0 Å². The molecule has 0 aliphatic heterocycles. The summed E-state index contributed by atoms with van der Waals surface area (Å²) < 4.78 is 5.06. The molecule has 0 saturated heterocycles. The summed E-state index contributed by atoms with van der Waals surface area (Å²) in [5, 5.41) is 9.61. The minimum atomic E-state index is 0.106. The van der Waals surface area contributed by atoms with E-state index in [0.717, 1.165) is 10.5 Å². The van der Waals surface area contributed by atoms with Gasteiger partial charge in [-0.05, 0) is 24.8 Å². The molecule has 0 aromatic heterocycles. The van der Waals surface area contributed by atoms with Crippen molar-refractivity contribution in [3.63, 3.8) is 0 Å². The Morgan fingerprint density at radius 2 is 2.15 bits per heavy atom. The normalized spacial score (nSPS) is 10.1. The summed E-state index contributed by atoms with van der Waals surface area (Å²) in [6.45, 7) is 1.90. The van der Waals surface area contributed by atoms with E-state index in [2.05, 4.69) is 0 Å². The maximum Gasteiger partial charge on any atom is 0.155 e. The summed E-state index contributed by atoms with van der Waals surface area (Å²) in [7, 11) is 1.54. The van der Waals surface area contributed by atoms with Crippen molar-refractivity contribution in [2.75, 3.05) is 19.1 Å². The third-order valence-electron chi connectivity index (χ3n) is 1.86. The number of ether oxygens (including phenoxy) is 1. The Morgan fingerprint density at radius 1 is 1.54 bits per heavy atom. The first kappa shape index (κ1) is 10.1. The molecule has 0 atom stereocenters. The minimum Gasteiger partial charge on any atom is -0.505 e. The second-order valence-corrected chi connectivity index (χ2v) is 3.54. The molecule has 1 aromatic carbocycles. The lowest BCUT2D eigenvalue weighted by Gasteiger charge is -2.12. The predicted octanol–water partition coefficient (Wildman–Crippen LogP) is 2.01. The lowest BCUT2D eigenvalue weighted by atomic mass is 10.2. The molecule has 13 heavy (non-hydrogen) atoms. The summed E-state index contributed by atoms with van der Waals surface area (Å²) in [6.07, 6.45) is 1.89. The average Bonchev–Trinajstić information content (AvgIpc) is 2.12. The molecule has 0 amide bonds. The maximum absolute atomic E-state index is 9.61. The molecule has 4 heteroatoms. The Morgan fingerprint density at radius 3 is 2.62 bits per heavy atom. The Labute approximate surface area is 81.9 Å². The van der Waals surface area contributed by atoms with Crippen molar-refractivity contribution in [2.45, 2.75) is 11.8 Å². The molecule has 1 rings (SSSR count). The first-order chi connectivity index (χ1) is 6.11. The zero-order valence-corrected chi connectivity index (χ0v) is 8.73. The lowest BCUT2D eigenvalue weighted by molar-refractivity contribution is 0.405. The van der Waals surface area contributed by atoms with Gasteiger partial charge in [-0.15, -0.1) is 11.8 Å². The van der Waals surface area contributed by atoms with Gasteiger partial charge in [-0.3, -0.25) is 0 Å². The van der Waals surface area contributed by atoms with Crippen LogP contribution in [0.25, 0.3) is 0 Å². The number of hydrogen-bond donors (Lipinski definition) is 2. The largest absolute Gasteiger partial charge is 0.505 e. The highest BCUT2D eigenvalue weighted by Crippen LogP contribution is 2.40. The van der Waals surface area contributed by atoms with Gasteiger partial charge in [0.2, 0.25) is 0 Å². The molecule has 0 bridgehead atoms. The zero-order chi connectivity index (χ0) is 10.0. The van der Waals surface area contributed by atoms with Gasteiger partial charge in [0.25, 0.3) is 0 Å². The van der Waals surface area contributed by atoms with E-state index in [1.54, 1.807) is 0 Å². The van der Waals surface area contributed by atoms with Crippen LogP contribution in [0.3, 0.4) is 0 Å². The monoisotopic (exact) mass is 199 g/mol. The van der Waals surface area contributed by atoms with Gasteiger partial charge in [0.1, 0.15) is 11.4 Å². The molecule has 0 fully saturated rings. The van der Waals surface area contributed by atoms with Crippen molar-refractivity contribution < 1.29 is 9.84 Å². The van der Waals surface area contributed by atoms with Crippen LogP contribution < -0.4 is 10.5 Å². The predicted molar refractivity (Wildman–Crippen MR) is 55.6 cm³/mol. The van der Waals surface area contributed by atoms with Crippen molar-refractivity contribution >= 4 is 17.4 Å². The second-order valence-electron chi connectivity index (χ2n) is 2.69. The summed E-state index contributed by atoms with van der Waals surface area (Å²) in [6, 6.07) is 1.86. The summed E-state index contributed by atoms with van der Waals surface area (Å²) in [4.78, 5) is 0.774. The molecule has 0 aliphatic rings. The SMILES string of the molecule is COc1c(C)cc(SC)c(O)c1N. The summed E-state index contributed by atoms with van der Waals surface area (Å²) in [5.41, 5.74) is 6.93. The molecule has 0 saturated carbocycles. The van der Waals surface area contributed by atoms with Gasteiger partial charge in [0.15, 0.2) is 5.75 Å². The van der Waals surface area contributed by atoms with E-state index in [1.165, 1.54) is 18.9 Å². The van der Waals surface area contributed by atoms with Crippen LogP contribution in [-0.4, -0.2) is 18.5 Å². The molecule has 0 spiro atoms. The number of phenolic OH excluding ortho intramolecular Hbond substituents is 1. The van der Waals surface area contributed by atoms with E-state index in [9.17, 15) is 5.11 Å². The Hall–Kier alpha value is -1.03. The number of phenols is 1. The fraction of sp³-hybridized carbons (Fsp3) is 0.333. The van der Waals surface area contributed by atoms with Gasteiger partial charge < -0.3 is 15.6 Å². The molecule has 3 nitrogen and oxygen atoms in total. The Bertz CT molecular complexity index is 326. The molecule has 0 aliphatic carbocycles. The first-order valence-electron chi connectivity index (χ1n) is 3.81. The van der Waals surface area contributed by atoms with Crippen molar-refractivity contribution in [2.24, 2.45) is 0 Å². The zero-order valence-electron chi connectivity index (χ0n) is 7.92. The molecule has 1 aromatic rings. The van der Waals surface area contributed by atoms with Crippen LogP contribution in [0.2, 0.25) is 0 Å². The third kappa shape index (κ3) is 1.67. The smallest absolute Gasteiger partial charge is 0.155 e. The number of aryl methyl sites for hydroxylation is 1. The van der Waals surface area contributed by atoms with Gasteiger partial charge in [-0.25, -0.2) is 0 Å². The summed E-state index contributed by atoms with van der Waals surface area (Å²) in [5.74, 6) is 0.658. The van der Waals surface area contributed by atoms with E-state index >= 15 is 0 Å². The van der Waals surface area contributed by atoms with Gasteiger partial charge in [0.05, 0.1) is 12.0 Å². The molecule has 0 radical (unpaired) electrons. The molecule has 0 heterocycles. The van der Waals surface area contributed by atoms with E-state index in [0.29, 0.717) is 11.4 Å². The van der Waals surface area contributed by atoms with E-state index in [-0.39, 0.29) is 5.75 Å². The highest BCUT2D eigenvalue weighted by Gasteiger charge is 2.12. The van der Waals surface area contributed by atoms with Crippen LogP contribution in [0, 0.1) is 6.92 Å². The number of methoxy groups -OCH3 is 1. The fourth-order valence-corrected chi connectivity index (χ4v) is 1.81. The van der Waals surface area contributed by atoms with Crippen molar-refractivity contribution in [3.8, 4) is 11.5 Å². The number of nitrogen functional groups attached to an aromatic ring is 1. The van der Waals surface area contributed by atoms with E-state index < -0.39 is 0 Å². The van der Waals surface area contributed by atoms with E-state index in [1.807, 2.05) is 19.2 Å². The number of aromatic hydroxyl groups is 1. The number of nitrogens with two attached hydrogens (primary N) is 1. The van der Waals surface area contributed by atoms with E-state index in [4.69, 9.17) is 10.5 Å². The molecule has 3 N–H and O–H groups in total. The average molecular weight is 199 g/mol. The van der Waals surface area contributed by atoms with Crippen molar-refractivity contribution in [1.82, 2.24) is 0 Å². The topological polar surface area (TPSA) is 55.5 Å². The highest BCUT2D eigenvalue weighted by molar-refractivity contribution is 7.98. The van der Waals surface area contributed by atoms with Gasteiger partial charge in [-0.2, -0.15) is 0 Å². The Balaban J connectivity index is 3.37.